The molecule has 2 N–H and O–H groups in total. The zero-order valence-corrected chi connectivity index (χ0v) is 16.6. The molecule has 0 heterocycles. The molecule has 144 valence electrons. The molecule has 0 aliphatic rings. The lowest BCUT2D eigenvalue weighted by Crippen LogP contribution is -2.47. The van der Waals surface area contributed by atoms with Gasteiger partial charge in [0.1, 0.15) is 11.8 Å². The highest BCUT2D eigenvalue weighted by molar-refractivity contribution is 6.01. The van der Waals surface area contributed by atoms with Gasteiger partial charge in [0.05, 0.1) is 6.61 Å². The summed E-state index contributed by atoms with van der Waals surface area (Å²) in [7, 11) is 0. The van der Waals surface area contributed by atoms with E-state index in [1.807, 2.05) is 52.8 Å². The highest BCUT2D eigenvalue weighted by Crippen LogP contribution is 2.19. The lowest BCUT2D eigenvalue weighted by molar-refractivity contribution is -0.118. The Morgan fingerprint density at radius 1 is 1.04 bits per heavy atom. The molecular weight excluding hydrogens is 340 g/mol. The Kier molecular flexibility index (Phi) is 6.99. The molecule has 0 spiro atoms. The number of nitrogens with one attached hydrogen (secondary N) is 2. The summed E-state index contributed by atoms with van der Waals surface area (Å²) in [6.45, 7) is 10.3. The van der Waals surface area contributed by atoms with Crippen molar-refractivity contribution in [1.82, 2.24) is 5.32 Å². The van der Waals surface area contributed by atoms with Crippen LogP contribution in [0.4, 0.5) is 5.69 Å². The van der Waals surface area contributed by atoms with E-state index in [4.69, 9.17) is 4.74 Å². The highest BCUT2D eigenvalue weighted by Gasteiger charge is 2.25. The Morgan fingerprint density at radius 3 is 2.30 bits per heavy atom. The van der Waals surface area contributed by atoms with Crippen LogP contribution in [-0.4, -0.2) is 24.5 Å². The van der Waals surface area contributed by atoms with Crippen LogP contribution in [0.5, 0.6) is 5.75 Å². The standard InChI is InChI=1S/C22H28N2O3/c1-6-27-18-12-10-17(11-13-18)21(25)24-20(14(2)3)22(26)23-19-9-7-8-15(4)16(19)5/h7-14,20H,6H2,1-5H3,(H,23,26)(H,24,25)/t20-/m0/s1. The molecule has 0 radical (unpaired) electrons. The first kappa shape index (κ1) is 20.5. The molecule has 2 aromatic carbocycles. The molecule has 5 heteroatoms. The first-order chi connectivity index (χ1) is 12.8. The molecule has 0 aromatic heterocycles. The molecule has 0 saturated heterocycles. The first-order valence-electron chi connectivity index (χ1n) is 9.24. The van der Waals surface area contributed by atoms with Crippen LogP contribution in [0.2, 0.25) is 0 Å². The predicted octanol–water partition coefficient (Wildman–Crippen LogP) is 4.10. The quantitative estimate of drug-likeness (QED) is 0.773. The van der Waals surface area contributed by atoms with Gasteiger partial charge in [-0.1, -0.05) is 26.0 Å². The summed E-state index contributed by atoms with van der Waals surface area (Å²) in [5.41, 5.74) is 3.38. The molecule has 0 unspecified atom stereocenters. The summed E-state index contributed by atoms with van der Waals surface area (Å²) >= 11 is 0. The van der Waals surface area contributed by atoms with Crippen molar-refractivity contribution >= 4 is 17.5 Å². The topological polar surface area (TPSA) is 67.4 Å². The van der Waals surface area contributed by atoms with Gasteiger partial charge in [0.25, 0.3) is 5.91 Å². The van der Waals surface area contributed by atoms with E-state index in [-0.39, 0.29) is 17.7 Å². The van der Waals surface area contributed by atoms with E-state index in [1.165, 1.54) is 0 Å². The van der Waals surface area contributed by atoms with E-state index in [1.54, 1.807) is 24.3 Å². The second-order valence-corrected chi connectivity index (χ2v) is 6.89. The van der Waals surface area contributed by atoms with Gasteiger partial charge in [0.2, 0.25) is 5.91 Å². The molecule has 0 aliphatic carbocycles. The summed E-state index contributed by atoms with van der Waals surface area (Å²) in [4.78, 5) is 25.4. The normalized spacial score (nSPS) is 11.8. The van der Waals surface area contributed by atoms with E-state index in [9.17, 15) is 9.59 Å². The Balaban J connectivity index is 2.10. The first-order valence-corrected chi connectivity index (χ1v) is 9.24. The van der Waals surface area contributed by atoms with Crippen LogP contribution in [0.15, 0.2) is 42.5 Å². The number of amides is 2. The number of carbonyl (C=O) groups is 2. The zero-order valence-electron chi connectivity index (χ0n) is 16.6. The van der Waals surface area contributed by atoms with Crippen LogP contribution < -0.4 is 15.4 Å². The number of hydrogen-bond acceptors (Lipinski definition) is 3. The lowest BCUT2D eigenvalue weighted by Gasteiger charge is -2.22. The molecular formula is C22H28N2O3. The molecule has 0 bridgehead atoms. The van der Waals surface area contributed by atoms with E-state index in [0.29, 0.717) is 17.9 Å². The van der Waals surface area contributed by atoms with Gasteiger partial charge in [-0.15, -0.1) is 0 Å². The molecule has 0 saturated carbocycles. The summed E-state index contributed by atoms with van der Waals surface area (Å²) in [5.74, 6) is 0.148. The average Bonchev–Trinajstić information content (AvgIpc) is 2.64. The van der Waals surface area contributed by atoms with Crippen LogP contribution >= 0.6 is 0 Å². The average molecular weight is 368 g/mol. The van der Waals surface area contributed by atoms with Crippen molar-refractivity contribution < 1.29 is 14.3 Å². The fraction of sp³-hybridized carbons (Fsp3) is 0.364. The van der Waals surface area contributed by atoms with E-state index in [0.717, 1.165) is 16.8 Å². The number of ether oxygens (including phenoxy) is 1. The van der Waals surface area contributed by atoms with E-state index >= 15 is 0 Å². The van der Waals surface area contributed by atoms with E-state index < -0.39 is 6.04 Å². The van der Waals surface area contributed by atoms with Gasteiger partial charge < -0.3 is 15.4 Å². The second kappa shape index (κ2) is 9.21. The van der Waals surface area contributed by atoms with Crippen LogP contribution in [0.3, 0.4) is 0 Å². The van der Waals surface area contributed by atoms with Crippen LogP contribution in [0.25, 0.3) is 0 Å². The van der Waals surface area contributed by atoms with Gasteiger partial charge in [-0.2, -0.15) is 0 Å². The number of carbonyl (C=O) groups excluding carboxylic acids is 2. The minimum absolute atomic E-state index is 0.0539. The van der Waals surface area contributed by atoms with Gasteiger partial charge in [0, 0.05) is 11.3 Å². The van der Waals surface area contributed by atoms with Gasteiger partial charge >= 0.3 is 0 Å². The Hall–Kier alpha value is -2.82. The maximum atomic E-state index is 12.8. The predicted molar refractivity (Wildman–Crippen MR) is 108 cm³/mol. The fourth-order valence-electron chi connectivity index (χ4n) is 2.73. The van der Waals surface area contributed by atoms with Crippen LogP contribution in [-0.2, 0) is 4.79 Å². The number of aryl methyl sites for hydroxylation is 1. The van der Waals surface area contributed by atoms with Gasteiger partial charge in [-0.05, 0) is 68.1 Å². The molecule has 27 heavy (non-hydrogen) atoms. The Morgan fingerprint density at radius 2 is 1.70 bits per heavy atom. The molecule has 1 atom stereocenters. The molecule has 2 rings (SSSR count). The van der Waals surface area contributed by atoms with Crippen LogP contribution in [0.1, 0.15) is 42.3 Å². The molecule has 2 amide bonds. The number of benzene rings is 2. The van der Waals surface area contributed by atoms with Gasteiger partial charge in [-0.25, -0.2) is 0 Å². The number of hydrogen-bond donors (Lipinski definition) is 2. The summed E-state index contributed by atoms with van der Waals surface area (Å²) in [6, 6.07) is 12.0. The number of anilines is 1. The summed E-state index contributed by atoms with van der Waals surface area (Å²) in [6.07, 6.45) is 0. The minimum atomic E-state index is -0.635. The van der Waals surface area contributed by atoms with Crippen molar-refractivity contribution in [3.63, 3.8) is 0 Å². The van der Waals surface area contributed by atoms with Crippen molar-refractivity contribution in [2.45, 2.75) is 40.7 Å². The molecule has 0 aliphatic heterocycles. The van der Waals surface area contributed by atoms with Crippen molar-refractivity contribution in [2.24, 2.45) is 5.92 Å². The third kappa shape index (κ3) is 5.33. The Labute approximate surface area is 161 Å². The third-order valence-electron chi connectivity index (χ3n) is 4.53. The molecule has 5 nitrogen and oxygen atoms in total. The van der Waals surface area contributed by atoms with Crippen molar-refractivity contribution in [2.75, 3.05) is 11.9 Å². The Bertz CT molecular complexity index is 798. The SMILES string of the molecule is CCOc1ccc(C(=O)N[C@H](C(=O)Nc2cccc(C)c2C)C(C)C)cc1. The second-order valence-electron chi connectivity index (χ2n) is 6.89. The molecule has 0 fully saturated rings. The summed E-state index contributed by atoms with van der Waals surface area (Å²) in [5, 5.41) is 5.79. The highest BCUT2D eigenvalue weighted by atomic mass is 16.5. The fourth-order valence-corrected chi connectivity index (χ4v) is 2.73. The van der Waals surface area contributed by atoms with E-state index in [2.05, 4.69) is 10.6 Å². The smallest absolute Gasteiger partial charge is 0.251 e. The largest absolute Gasteiger partial charge is 0.494 e. The maximum Gasteiger partial charge on any atom is 0.251 e. The maximum absolute atomic E-state index is 12.8. The molecule has 2 aromatic rings. The van der Waals surface area contributed by atoms with Crippen LogP contribution in [0, 0.1) is 19.8 Å². The van der Waals surface area contributed by atoms with Gasteiger partial charge in [0.15, 0.2) is 0 Å². The summed E-state index contributed by atoms with van der Waals surface area (Å²) < 4.78 is 5.39. The van der Waals surface area contributed by atoms with Gasteiger partial charge in [-0.3, -0.25) is 9.59 Å². The van der Waals surface area contributed by atoms with Crippen molar-refractivity contribution in [3.8, 4) is 5.75 Å². The number of rotatable bonds is 7. The monoisotopic (exact) mass is 368 g/mol. The van der Waals surface area contributed by atoms with Crippen molar-refractivity contribution in [3.05, 3.63) is 59.2 Å². The van der Waals surface area contributed by atoms with Crippen molar-refractivity contribution in [1.29, 1.82) is 0 Å². The minimum Gasteiger partial charge on any atom is -0.494 e. The lowest BCUT2D eigenvalue weighted by atomic mass is 10.0. The third-order valence-corrected chi connectivity index (χ3v) is 4.53. The zero-order chi connectivity index (χ0) is 20.0.